The van der Waals surface area contributed by atoms with Crippen molar-refractivity contribution >= 4 is 17.7 Å². The third-order valence-electron chi connectivity index (χ3n) is 2.45. The van der Waals surface area contributed by atoms with Crippen molar-refractivity contribution in [2.24, 2.45) is 7.05 Å². The van der Waals surface area contributed by atoms with Crippen molar-refractivity contribution in [1.82, 2.24) is 34.3 Å². The van der Waals surface area contributed by atoms with E-state index in [1.165, 1.54) is 11.8 Å². The molecule has 0 aliphatic carbocycles. The standard InChI is InChI=1S/C11H12N8S/c1-12-9-15-10(19-4-3-13-7-19)17-11(16-9)20-8-5-14-18(2)6-8/h3-7H,1-2H3,(H,12,15,16,17). The van der Waals surface area contributed by atoms with Crippen molar-refractivity contribution in [3.63, 3.8) is 0 Å². The van der Waals surface area contributed by atoms with Crippen LogP contribution in [0.15, 0.2) is 41.2 Å². The molecule has 0 atom stereocenters. The molecule has 0 saturated heterocycles. The van der Waals surface area contributed by atoms with Crippen molar-refractivity contribution < 1.29 is 0 Å². The molecule has 20 heavy (non-hydrogen) atoms. The Labute approximate surface area is 119 Å². The van der Waals surface area contributed by atoms with Crippen LogP contribution in [0.3, 0.4) is 0 Å². The second-order valence-corrected chi connectivity index (χ2v) is 4.95. The van der Waals surface area contributed by atoms with Gasteiger partial charge in [-0.2, -0.15) is 20.1 Å². The molecule has 0 amide bonds. The zero-order valence-corrected chi connectivity index (χ0v) is 11.7. The summed E-state index contributed by atoms with van der Waals surface area (Å²) in [5.41, 5.74) is 0. The average molecular weight is 288 g/mol. The SMILES string of the molecule is CNc1nc(Sc2cnn(C)c2)nc(-n2ccnc2)n1. The van der Waals surface area contributed by atoms with Crippen molar-refractivity contribution in [2.45, 2.75) is 10.1 Å². The summed E-state index contributed by atoms with van der Waals surface area (Å²) in [4.78, 5) is 18.0. The number of nitrogens with zero attached hydrogens (tertiary/aromatic N) is 7. The van der Waals surface area contributed by atoms with Crippen LogP contribution in [0.25, 0.3) is 5.95 Å². The Balaban J connectivity index is 1.96. The molecule has 0 aliphatic heterocycles. The predicted octanol–water partition coefficient (Wildman–Crippen LogP) is 0.984. The van der Waals surface area contributed by atoms with Gasteiger partial charge in [-0.3, -0.25) is 9.25 Å². The summed E-state index contributed by atoms with van der Waals surface area (Å²) in [5, 5.41) is 7.65. The fourth-order valence-corrected chi connectivity index (χ4v) is 2.33. The number of rotatable bonds is 4. The fraction of sp³-hybridized carbons (Fsp3) is 0.182. The Hall–Kier alpha value is -2.42. The van der Waals surface area contributed by atoms with Crippen LogP contribution in [0.2, 0.25) is 0 Å². The lowest BCUT2D eigenvalue weighted by molar-refractivity contribution is 0.766. The first-order valence-electron chi connectivity index (χ1n) is 5.83. The second-order valence-electron chi connectivity index (χ2n) is 3.91. The van der Waals surface area contributed by atoms with E-state index in [0.717, 1.165) is 4.90 Å². The average Bonchev–Trinajstić information content (AvgIpc) is 3.10. The maximum atomic E-state index is 4.42. The van der Waals surface area contributed by atoms with E-state index in [9.17, 15) is 0 Å². The van der Waals surface area contributed by atoms with Crippen LogP contribution in [0, 0.1) is 0 Å². The van der Waals surface area contributed by atoms with Gasteiger partial charge in [0.05, 0.1) is 11.1 Å². The summed E-state index contributed by atoms with van der Waals surface area (Å²) in [7, 11) is 3.64. The monoisotopic (exact) mass is 288 g/mol. The number of hydrogen-bond acceptors (Lipinski definition) is 7. The Kier molecular flexibility index (Phi) is 3.33. The van der Waals surface area contributed by atoms with Gasteiger partial charge < -0.3 is 5.32 Å². The molecule has 0 fully saturated rings. The van der Waals surface area contributed by atoms with E-state index in [0.29, 0.717) is 17.1 Å². The van der Waals surface area contributed by atoms with Crippen molar-refractivity contribution in [1.29, 1.82) is 0 Å². The summed E-state index contributed by atoms with van der Waals surface area (Å²) in [6.07, 6.45) is 8.78. The number of aromatic nitrogens is 7. The Morgan fingerprint density at radius 2 is 2.15 bits per heavy atom. The second kappa shape index (κ2) is 5.29. The highest BCUT2D eigenvalue weighted by atomic mass is 32.2. The van der Waals surface area contributed by atoms with Gasteiger partial charge in [0, 0.05) is 32.7 Å². The molecule has 102 valence electrons. The van der Waals surface area contributed by atoms with Gasteiger partial charge >= 0.3 is 0 Å². The third kappa shape index (κ3) is 2.62. The maximum Gasteiger partial charge on any atom is 0.240 e. The third-order valence-corrected chi connectivity index (χ3v) is 3.26. The van der Waals surface area contributed by atoms with Crippen LogP contribution < -0.4 is 5.32 Å². The van der Waals surface area contributed by atoms with E-state index in [-0.39, 0.29) is 0 Å². The molecule has 0 unspecified atom stereocenters. The van der Waals surface area contributed by atoms with E-state index in [1.807, 2.05) is 13.2 Å². The van der Waals surface area contributed by atoms with Crippen LogP contribution in [-0.2, 0) is 7.05 Å². The van der Waals surface area contributed by atoms with Crippen molar-refractivity contribution in [3.05, 3.63) is 31.1 Å². The Morgan fingerprint density at radius 3 is 2.80 bits per heavy atom. The van der Waals surface area contributed by atoms with Crippen LogP contribution in [0.5, 0.6) is 0 Å². The molecule has 3 heterocycles. The molecule has 3 aromatic heterocycles. The topological polar surface area (TPSA) is 86.3 Å². The minimum absolute atomic E-state index is 0.509. The normalized spacial score (nSPS) is 10.7. The first kappa shape index (κ1) is 12.6. The summed E-state index contributed by atoms with van der Waals surface area (Å²) in [5.74, 6) is 1.03. The molecule has 0 aliphatic rings. The smallest absolute Gasteiger partial charge is 0.240 e. The zero-order valence-electron chi connectivity index (χ0n) is 10.9. The maximum absolute atomic E-state index is 4.42. The molecule has 0 saturated carbocycles. The molecule has 3 rings (SSSR count). The van der Waals surface area contributed by atoms with Gasteiger partial charge in [0.25, 0.3) is 0 Å². The fourth-order valence-electron chi connectivity index (χ4n) is 1.55. The molecule has 3 aromatic rings. The molecule has 0 radical (unpaired) electrons. The number of imidazole rings is 1. The quantitative estimate of drug-likeness (QED) is 0.766. The highest BCUT2D eigenvalue weighted by molar-refractivity contribution is 7.99. The van der Waals surface area contributed by atoms with Gasteiger partial charge in [0.2, 0.25) is 11.9 Å². The first-order chi connectivity index (χ1) is 9.74. The van der Waals surface area contributed by atoms with Crippen LogP contribution in [0.1, 0.15) is 0 Å². The molecule has 1 N–H and O–H groups in total. The first-order valence-corrected chi connectivity index (χ1v) is 6.65. The highest BCUT2D eigenvalue weighted by Gasteiger charge is 2.09. The molecule has 9 heteroatoms. The summed E-state index contributed by atoms with van der Waals surface area (Å²) >= 11 is 1.43. The number of aryl methyl sites for hydroxylation is 1. The van der Waals surface area contributed by atoms with Gasteiger partial charge in [-0.05, 0) is 11.8 Å². The Bertz CT molecular complexity index is 705. The van der Waals surface area contributed by atoms with E-state index >= 15 is 0 Å². The molecule has 0 spiro atoms. The van der Waals surface area contributed by atoms with Gasteiger partial charge in [-0.25, -0.2) is 4.98 Å². The zero-order chi connectivity index (χ0) is 13.9. The van der Waals surface area contributed by atoms with Gasteiger partial charge in [-0.1, -0.05) is 0 Å². The lowest BCUT2D eigenvalue weighted by Gasteiger charge is -2.05. The number of nitrogens with one attached hydrogen (secondary N) is 1. The minimum Gasteiger partial charge on any atom is -0.357 e. The van der Waals surface area contributed by atoms with Crippen LogP contribution in [-0.4, -0.2) is 41.3 Å². The van der Waals surface area contributed by atoms with E-state index in [4.69, 9.17) is 0 Å². The van der Waals surface area contributed by atoms with Crippen LogP contribution in [0.4, 0.5) is 5.95 Å². The Morgan fingerprint density at radius 1 is 1.25 bits per heavy atom. The minimum atomic E-state index is 0.509. The summed E-state index contributed by atoms with van der Waals surface area (Å²) in [6.45, 7) is 0. The molecule has 0 aromatic carbocycles. The molecular weight excluding hydrogens is 276 g/mol. The largest absolute Gasteiger partial charge is 0.357 e. The van der Waals surface area contributed by atoms with Gasteiger partial charge in [0.1, 0.15) is 6.33 Å². The molecular formula is C11H12N8S. The van der Waals surface area contributed by atoms with Gasteiger partial charge in [0.15, 0.2) is 5.16 Å². The van der Waals surface area contributed by atoms with E-state index in [2.05, 4.69) is 30.4 Å². The highest BCUT2D eigenvalue weighted by Crippen LogP contribution is 2.24. The summed E-state index contributed by atoms with van der Waals surface area (Å²) in [6, 6.07) is 0. The predicted molar refractivity (Wildman–Crippen MR) is 73.8 cm³/mol. The molecule has 0 bridgehead atoms. The number of hydrogen-bond donors (Lipinski definition) is 1. The van der Waals surface area contributed by atoms with Crippen molar-refractivity contribution in [3.8, 4) is 5.95 Å². The van der Waals surface area contributed by atoms with E-state index in [1.54, 1.807) is 41.2 Å². The summed E-state index contributed by atoms with van der Waals surface area (Å²) < 4.78 is 3.47. The van der Waals surface area contributed by atoms with Crippen molar-refractivity contribution in [2.75, 3.05) is 12.4 Å². The molecule has 8 nitrogen and oxygen atoms in total. The number of anilines is 1. The lowest BCUT2D eigenvalue weighted by Crippen LogP contribution is -2.06. The van der Waals surface area contributed by atoms with Gasteiger partial charge in [-0.15, -0.1) is 0 Å². The van der Waals surface area contributed by atoms with Crippen LogP contribution >= 0.6 is 11.8 Å². The lowest BCUT2D eigenvalue weighted by atomic mass is 10.7. The van der Waals surface area contributed by atoms with E-state index < -0.39 is 0 Å².